The Morgan fingerprint density at radius 1 is 0.732 bits per heavy atom. The third-order valence-electron chi connectivity index (χ3n) is 7.06. The average molecular weight is 552 g/mol. The van der Waals surface area contributed by atoms with Crippen molar-refractivity contribution in [1.82, 2.24) is 4.90 Å². The van der Waals surface area contributed by atoms with E-state index in [-0.39, 0.29) is 18.2 Å². The summed E-state index contributed by atoms with van der Waals surface area (Å²) in [5.74, 6) is 1.65. The van der Waals surface area contributed by atoms with Crippen LogP contribution >= 0.6 is 0 Å². The lowest BCUT2D eigenvalue weighted by molar-refractivity contribution is 0.0710. The largest absolute Gasteiger partial charge is 0.493 e. The number of aryl methyl sites for hydroxylation is 3. The number of rotatable bonds is 12. The van der Waals surface area contributed by atoms with Crippen molar-refractivity contribution in [3.05, 3.63) is 124 Å². The van der Waals surface area contributed by atoms with Gasteiger partial charge in [0.25, 0.3) is 5.91 Å². The minimum Gasteiger partial charge on any atom is -0.493 e. The van der Waals surface area contributed by atoms with Gasteiger partial charge in [0.05, 0.1) is 20.8 Å². The molecule has 0 saturated heterocycles. The summed E-state index contributed by atoms with van der Waals surface area (Å²) < 4.78 is 16.7. The second-order valence-corrected chi connectivity index (χ2v) is 10.2. The molecule has 0 bridgehead atoms. The summed E-state index contributed by atoms with van der Waals surface area (Å²) in [5.41, 5.74) is 6.10. The molecule has 0 spiro atoms. The number of amides is 1. The lowest BCUT2D eigenvalue weighted by atomic mass is 9.98. The van der Waals surface area contributed by atoms with Crippen LogP contribution in [0.5, 0.6) is 17.2 Å². The summed E-state index contributed by atoms with van der Waals surface area (Å²) in [5, 5.41) is 0. The van der Waals surface area contributed by atoms with Gasteiger partial charge in [-0.3, -0.25) is 9.59 Å². The zero-order chi connectivity index (χ0) is 29.4. The van der Waals surface area contributed by atoms with Gasteiger partial charge in [0.15, 0.2) is 17.3 Å². The summed E-state index contributed by atoms with van der Waals surface area (Å²) in [6.07, 6.45) is 0.551. The summed E-state index contributed by atoms with van der Waals surface area (Å²) >= 11 is 0. The molecule has 0 aliphatic heterocycles. The van der Waals surface area contributed by atoms with E-state index in [0.29, 0.717) is 47.9 Å². The molecule has 4 aromatic carbocycles. The molecule has 0 saturated carbocycles. The minimum atomic E-state index is -0.156. The first-order chi connectivity index (χ1) is 19.8. The summed E-state index contributed by atoms with van der Waals surface area (Å²) in [6, 6.07) is 26.7. The fourth-order valence-electron chi connectivity index (χ4n) is 4.97. The van der Waals surface area contributed by atoms with Crippen LogP contribution in [-0.4, -0.2) is 43.9 Å². The number of methoxy groups -OCH3 is 2. The van der Waals surface area contributed by atoms with Gasteiger partial charge in [-0.25, -0.2) is 0 Å². The zero-order valence-corrected chi connectivity index (χ0v) is 24.4. The maximum Gasteiger partial charge on any atom is 0.254 e. The van der Waals surface area contributed by atoms with Crippen molar-refractivity contribution >= 4 is 11.7 Å². The molecule has 212 valence electrons. The molecule has 0 aromatic heterocycles. The minimum absolute atomic E-state index is 0.0386. The summed E-state index contributed by atoms with van der Waals surface area (Å²) in [7, 11) is 3.19. The number of nitrogens with zero attached hydrogens (tertiary/aromatic N) is 1. The Hall–Kier alpha value is -4.58. The molecule has 0 aliphatic rings. The van der Waals surface area contributed by atoms with Gasteiger partial charge in [0.2, 0.25) is 0 Å². The standard InChI is InChI=1S/C35H37NO5/c1-24-19-25(2)34(26(3)20-24)35(38)36(18-17-27-11-16-32(39-4)33(21-27)40-5)22-31(37)29-12-14-30(15-13-29)41-23-28-9-7-6-8-10-28/h6-16,19-21H,17-18,22-23H2,1-5H3. The van der Waals surface area contributed by atoms with Crippen LogP contribution in [0.1, 0.15) is 48.5 Å². The van der Waals surface area contributed by atoms with E-state index < -0.39 is 0 Å². The Balaban J connectivity index is 1.52. The lowest BCUT2D eigenvalue weighted by Crippen LogP contribution is -2.38. The van der Waals surface area contributed by atoms with Gasteiger partial charge in [-0.15, -0.1) is 0 Å². The molecule has 4 rings (SSSR count). The van der Waals surface area contributed by atoms with Crippen LogP contribution in [0.4, 0.5) is 0 Å². The van der Waals surface area contributed by atoms with Gasteiger partial charge in [-0.1, -0.05) is 54.1 Å². The average Bonchev–Trinajstić information content (AvgIpc) is 2.98. The molecule has 0 unspecified atom stereocenters. The third-order valence-corrected chi connectivity index (χ3v) is 7.06. The number of Topliss-reactive ketones (excluding diaryl/α,β-unsaturated/α-hetero) is 1. The molecule has 0 heterocycles. The highest BCUT2D eigenvalue weighted by Gasteiger charge is 2.23. The molecular formula is C35H37NO5. The number of benzene rings is 4. The third kappa shape index (κ3) is 7.54. The highest BCUT2D eigenvalue weighted by atomic mass is 16.5. The van der Waals surface area contributed by atoms with Gasteiger partial charge in [-0.05, 0) is 85.8 Å². The van der Waals surface area contributed by atoms with E-state index in [2.05, 4.69) is 0 Å². The molecule has 0 fully saturated rings. The Morgan fingerprint density at radius 2 is 1.39 bits per heavy atom. The Bertz CT molecular complexity index is 1470. The predicted octanol–water partition coefficient (Wildman–Crippen LogP) is 6.78. The monoisotopic (exact) mass is 551 g/mol. The first-order valence-corrected chi connectivity index (χ1v) is 13.7. The normalized spacial score (nSPS) is 10.7. The molecule has 1 amide bonds. The second kappa shape index (κ2) is 13.7. The number of carbonyl (C=O) groups excluding carboxylic acids is 2. The SMILES string of the molecule is COc1ccc(CCN(CC(=O)c2ccc(OCc3ccccc3)cc2)C(=O)c2c(C)cc(C)cc2C)cc1OC. The molecule has 6 nitrogen and oxygen atoms in total. The van der Waals surface area contributed by atoms with Crippen molar-refractivity contribution in [3.8, 4) is 17.2 Å². The molecule has 0 aliphatic carbocycles. The molecule has 0 atom stereocenters. The maximum absolute atomic E-state index is 13.9. The quantitative estimate of drug-likeness (QED) is 0.182. The van der Waals surface area contributed by atoms with E-state index in [1.165, 1.54) is 0 Å². The van der Waals surface area contributed by atoms with E-state index >= 15 is 0 Å². The van der Waals surface area contributed by atoms with Crippen molar-refractivity contribution in [2.24, 2.45) is 0 Å². The Morgan fingerprint density at radius 3 is 2.02 bits per heavy atom. The van der Waals surface area contributed by atoms with E-state index in [1.54, 1.807) is 43.4 Å². The smallest absolute Gasteiger partial charge is 0.254 e. The fourth-order valence-corrected chi connectivity index (χ4v) is 4.97. The number of carbonyl (C=O) groups is 2. The predicted molar refractivity (Wildman–Crippen MR) is 161 cm³/mol. The first kappa shape index (κ1) is 29.4. The summed E-state index contributed by atoms with van der Waals surface area (Å²) in [6.45, 7) is 6.67. The van der Waals surface area contributed by atoms with Gasteiger partial charge in [-0.2, -0.15) is 0 Å². The fraction of sp³-hybridized carbons (Fsp3) is 0.257. The van der Waals surface area contributed by atoms with Crippen LogP contribution in [-0.2, 0) is 13.0 Å². The molecule has 0 N–H and O–H groups in total. The highest BCUT2D eigenvalue weighted by molar-refractivity contribution is 6.03. The summed E-state index contributed by atoms with van der Waals surface area (Å²) in [4.78, 5) is 29.0. The van der Waals surface area contributed by atoms with Crippen LogP contribution < -0.4 is 14.2 Å². The van der Waals surface area contributed by atoms with E-state index in [9.17, 15) is 9.59 Å². The van der Waals surface area contributed by atoms with Crippen LogP contribution in [0.2, 0.25) is 0 Å². The van der Waals surface area contributed by atoms with E-state index in [4.69, 9.17) is 14.2 Å². The molecular weight excluding hydrogens is 514 g/mol. The first-order valence-electron chi connectivity index (χ1n) is 13.7. The maximum atomic E-state index is 13.9. The van der Waals surface area contributed by atoms with Crippen LogP contribution in [0.15, 0.2) is 84.9 Å². The number of hydrogen-bond acceptors (Lipinski definition) is 5. The number of ether oxygens (including phenoxy) is 3. The molecule has 4 aromatic rings. The number of ketones is 1. The van der Waals surface area contributed by atoms with Crippen molar-refractivity contribution < 1.29 is 23.8 Å². The van der Waals surface area contributed by atoms with Gasteiger partial charge in [0, 0.05) is 17.7 Å². The van der Waals surface area contributed by atoms with Crippen LogP contribution in [0.3, 0.4) is 0 Å². The topological polar surface area (TPSA) is 65.1 Å². The molecule has 41 heavy (non-hydrogen) atoms. The van der Waals surface area contributed by atoms with Crippen molar-refractivity contribution in [1.29, 1.82) is 0 Å². The van der Waals surface area contributed by atoms with Crippen LogP contribution in [0, 0.1) is 20.8 Å². The van der Waals surface area contributed by atoms with E-state index in [0.717, 1.165) is 27.8 Å². The highest BCUT2D eigenvalue weighted by Crippen LogP contribution is 2.28. The number of hydrogen-bond donors (Lipinski definition) is 0. The van der Waals surface area contributed by atoms with Crippen LogP contribution in [0.25, 0.3) is 0 Å². The van der Waals surface area contributed by atoms with E-state index in [1.807, 2.05) is 81.4 Å². The Labute approximate surface area is 242 Å². The van der Waals surface area contributed by atoms with Crippen molar-refractivity contribution in [2.45, 2.75) is 33.8 Å². The second-order valence-electron chi connectivity index (χ2n) is 10.2. The molecule has 6 heteroatoms. The molecule has 0 radical (unpaired) electrons. The Kier molecular flexibility index (Phi) is 9.80. The van der Waals surface area contributed by atoms with Crippen molar-refractivity contribution in [3.63, 3.8) is 0 Å². The van der Waals surface area contributed by atoms with Crippen molar-refractivity contribution in [2.75, 3.05) is 27.3 Å². The zero-order valence-electron chi connectivity index (χ0n) is 24.4. The lowest BCUT2D eigenvalue weighted by Gasteiger charge is -2.24. The van der Waals surface area contributed by atoms with Gasteiger partial charge in [0.1, 0.15) is 12.4 Å². The van der Waals surface area contributed by atoms with Gasteiger partial charge < -0.3 is 19.1 Å². The van der Waals surface area contributed by atoms with Gasteiger partial charge >= 0.3 is 0 Å².